The monoisotopic (exact) mass is 406 g/mol. The highest BCUT2D eigenvalue weighted by Crippen LogP contribution is 2.27. The molecule has 0 aliphatic rings. The number of primary sulfonamides is 1. The van der Waals surface area contributed by atoms with Gasteiger partial charge in [0.15, 0.2) is 9.84 Å². The molecule has 0 bridgehead atoms. The van der Waals surface area contributed by atoms with Crippen LogP contribution in [0.3, 0.4) is 0 Å². The third-order valence-electron chi connectivity index (χ3n) is 3.34. The van der Waals surface area contributed by atoms with Crippen LogP contribution < -0.4 is 15.2 Å². The lowest BCUT2D eigenvalue weighted by Gasteiger charge is -2.14. The zero-order valence-corrected chi connectivity index (χ0v) is 15.1. The second-order valence-corrected chi connectivity index (χ2v) is 8.86. The minimum atomic E-state index is -4.09. The number of nitrogens with two attached hydrogens (primary N) is 1. The quantitative estimate of drug-likeness (QED) is 0.726. The molecule has 0 atom stereocenters. The first-order valence-electron chi connectivity index (χ1n) is 7.12. The molecule has 0 aromatic heterocycles. The Labute approximate surface area is 149 Å². The Morgan fingerprint density at radius 2 is 1.77 bits per heavy atom. The number of halogens is 2. The van der Waals surface area contributed by atoms with E-state index in [0.29, 0.717) is 5.56 Å². The van der Waals surface area contributed by atoms with Crippen molar-refractivity contribution < 1.29 is 30.4 Å². The van der Waals surface area contributed by atoms with E-state index in [2.05, 4.69) is 10.1 Å². The van der Waals surface area contributed by atoms with Crippen LogP contribution in [0.25, 0.3) is 0 Å². The zero-order valence-electron chi connectivity index (χ0n) is 13.5. The second kappa shape index (κ2) is 7.56. The maximum atomic E-state index is 12.4. The van der Waals surface area contributed by atoms with Gasteiger partial charge in [0, 0.05) is 18.4 Å². The van der Waals surface area contributed by atoms with E-state index in [9.17, 15) is 25.6 Å². The van der Waals surface area contributed by atoms with Crippen molar-refractivity contribution in [1.29, 1.82) is 0 Å². The van der Waals surface area contributed by atoms with Gasteiger partial charge in [-0.1, -0.05) is 18.2 Å². The van der Waals surface area contributed by atoms with Crippen molar-refractivity contribution in [3.8, 4) is 5.75 Å². The lowest BCUT2D eigenvalue weighted by Crippen LogP contribution is -2.14. The zero-order chi connectivity index (χ0) is 19.5. The number of nitrogens with one attached hydrogen (secondary N) is 1. The Morgan fingerprint density at radius 1 is 1.12 bits per heavy atom. The van der Waals surface area contributed by atoms with E-state index in [1.165, 1.54) is 24.3 Å². The summed E-state index contributed by atoms with van der Waals surface area (Å²) >= 11 is 0. The summed E-state index contributed by atoms with van der Waals surface area (Å²) in [6.45, 7) is -3.03. The van der Waals surface area contributed by atoms with Gasteiger partial charge in [-0.2, -0.15) is 8.78 Å². The van der Waals surface area contributed by atoms with E-state index in [-0.39, 0.29) is 27.8 Å². The standard InChI is InChI=1S/C15H16F2N2O5S2/c1-25(20,21)14-8-11(26(18,22)23)6-7-12(14)19-9-10-4-2-3-5-13(10)24-15(16)17/h2-8,15,19H,9H2,1H3,(H2,18,22,23). The predicted molar refractivity (Wildman–Crippen MR) is 91.3 cm³/mol. The van der Waals surface area contributed by atoms with Gasteiger partial charge in [-0.05, 0) is 24.3 Å². The Hall–Kier alpha value is -2.24. The molecular formula is C15H16F2N2O5S2. The molecule has 0 aliphatic heterocycles. The van der Waals surface area contributed by atoms with Crippen molar-refractivity contribution in [2.75, 3.05) is 11.6 Å². The van der Waals surface area contributed by atoms with Crippen molar-refractivity contribution in [2.45, 2.75) is 22.9 Å². The van der Waals surface area contributed by atoms with Crippen LogP contribution in [0.2, 0.25) is 0 Å². The number of anilines is 1. The molecular weight excluding hydrogens is 390 g/mol. The van der Waals surface area contributed by atoms with E-state index in [1.54, 1.807) is 6.07 Å². The molecule has 0 aliphatic carbocycles. The second-order valence-electron chi connectivity index (χ2n) is 5.31. The van der Waals surface area contributed by atoms with Crippen molar-refractivity contribution in [3.63, 3.8) is 0 Å². The van der Waals surface area contributed by atoms with Crippen LogP contribution in [0.5, 0.6) is 5.75 Å². The number of sulfone groups is 1. The Kier molecular flexibility index (Phi) is 5.84. The molecule has 2 aromatic rings. The van der Waals surface area contributed by atoms with E-state index in [1.807, 2.05) is 0 Å². The van der Waals surface area contributed by atoms with E-state index < -0.39 is 26.5 Å². The SMILES string of the molecule is CS(=O)(=O)c1cc(S(N)(=O)=O)ccc1NCc1ccccc1OC(F)F. The molecule has 3 N–H and O–H groups in total. The van der Waals surface area contributed by atoms with Crippen molar-refractivity contribution >= 4 is 25.5 Å². The van der Waals surface area contributed by atoms with Gasteiger partial charge in [0.2, 0.25) is 10.0 Å². The highest BCUT2D eigenvalue weighted by Gasteiger charge is 2.18. The summed E-state index contributed by atoms with van der Waals surface area (Å²) in [6, 6.07) is 9.34. The summed E-state index contributed by atoms with van der Waals surface area (Å²) < 4.78 is 76.1. The summed E-state index contributed by atoms with van der Waals surface area (Å²) in [5.74, 6) is -0.0583. The molecule has 0 heterocycles. The van der Waals surface area contributed by atoms with Crippen LogP contribution in [0, 0.1) is 0 Å². The van der Waals surface area contributed by atoms with E-state index >= 15 is 0 Å². The fourth-order valence-corrected chi connectivity index (χ4v) is 3.68. The number of benzene rings is 2. The van der Waals surface area contributed by atoms with E-state index in [4.69, 9.17) is 5.14 Å². The van der Waals surface area contributed by atoms with Gasteiger partial charge >= 0.3 is 6.61 Å². The normalized spacial score (nSPS) is 12.2. The first-order valence-corrected chi connectivity index (χ1v) is 10.6. The smallest absolute Gasteiger partial charge is 0.387 e. The van der Waals surface area contributed by atoms with Gasteiger partial charge in [0.25, 0.3) is 0 Å². The molecule has 7 nitrogen and oxygen atoms in total. The van der Waals surface area contributed by atoms with Crippen LogP contribution in [0.15, 0.2) is 52.3 Å². The molecule has 0 radical (unpaired) electrons. The topological polar surface area (TPSA) is 116 Å². The number of hydrogen-bond donors (Lipinski definition) is 2. The minimum Gasteiger partial charge on any atom is -0.434 e. The Bertz CT molecular complexity index is 1010. The molecule has 11 heteroatoms. The minimum absolute atomic E-state index is 0.0276. The van der Waals surface area contributed by atoms with Gasteiger partial charge < -0.3 is 10.1 Å². The maximum absolute atomic E-state index is 12.4. The first-order chi connectivity index (χ1) is 12.0. The molecule has 2 rings (SSSR count). The van der Waals surface area contributed by atoms with Gasteiger partial charge in [-0.15, -0.1) is 0 Å². The molecule has 0 spiro atoms. The van der Waals surface area contributed by atoms with Crippen molar-refractivity contribution in [3.05, 3.63) is 48.0 Å². The summed E-state index contributed by atoms with van der Waals surface area (Å²) in [6.07, 6.45) is 0.911. The van der Waals surface area contributed by atoms with Crippen molar-refractivity contribution in [2.24, 2.45) is 5.14 Å². The van der Waals surface area contributed by atoms with E-state index in [0.717, 1.165) is 18.4 Å². The van der Waals surface area contributed by atoms with Crippen LogP contribution in [-0.4, -0.2) is 29.7 Å². The number of ether oxygens (including phenoxy) is 1. The molecule has 0 fully saturated rings. The molecule has 0 saturated carbocycles. The lowest BCUT2D eigenvalue weighted by atomic mass is 10.2. The summed E-state index contributed by atoms with van der Waals surface area (Å²) in [5.41, 5.74) is 0.467. The number of sulfonamides is 1. The van der Waals surface area contributed by atoms with Crippen LogP contribution in [0.1, 0.15) is 5.56 Å². The molecule has 0 unspecified atom stereocenters. The Morgan fingerprint density at radius 3 is 2.35 bits per heavy atom. The summed E-state index contributed by atoms with van der Waals surface area (Å²) in [4.78, 5) is -0.638. The first kappa shape index (κ1) is 20.1. The number of alkyl halides is 2. The number of rotatable bonds is 7. The number of hydrogen-bond acceptors (Lipinski definition) is 6. The van der Waals surface area contributed by atoms with Gasteiger partial charge in [-0.25, -0.2) is 22.0 Å². The molecule has 0 saturated heterocycles. The van der Waals surface area contributed by atoms with Crippen molar-refractivity contribution in [1.82, 2.24) is 0 Å². The van der Waals surface area contributed by atoms with Crippen LogP contribution >= 0.6 is 0 Å². The lowest BCUT2D eigenvalue weighted by molar-refractivity contribution is -0.0504. The maximum Gasteiger partial charge on any atom is 0.387 e. The molecule has 26 heavy (non-hydrogen) atoms. The largest absolute Gasteiger partial charge is 0.434 e. The predicted octanol–water partition coefficient (Wildman–Crippen LogP) is 1.95. The van der Waals surface area contributed by atoms with Crippen LogP contribution in [-0.2, 0) is 26.4 Å². The van der Waals surface area contributed by atoms with Gasteiger partial charge in [-0.3, -0.25) is 0 Å². The van der Waals surface area contributed by atoms with Crippen LogP contribution in [0.4, 0.5) is 14.5 Å². The fourth-order valence-electron chi connectivity index (χ4n) is 2.18. The average molecular weight is 406 g/mol. The fraction of sp³-hybridized carbons (Fsp3) is 0.200. The molecule has 2 aromatic carbocycles. The average Bonchev–Trinajstić information content (AvgIpc) is 2.51. The molecule has 0 amide bonds. The highest BCUT2D eigenvalue weighted by atomic mass is 32.2. The summed E-state index contributed by atoms with van der Waals surface area (Å²) in [5, 5.41) is 7.81. The third kappa shape index (κ3) is 5.13. The Balaban J connectivity index is 2.36. The highest BCUT2D eigenvalue weighted by molar-refractivity contribution is 7.91. The third-order valence-corrected chi connectivity index (χ3v) is 5.39. The number of para-hydroxylation sites is 1. The van der Waals surface area contributed by atoms with Gasteiger partial charge in [0.1, 0.15) is 5.75 Å². The summed E-state index contributed by atoms with van der Waals surface area (Å²) in [7, 11) is -7.87. The van der Waals surface area contributed by atoms with Gasteiger partial charge in [0.05, 0.1) is 15.5 Å². The molecule has 142 valence electrons.